The molecule has 4 fully saturated rings. The van der Waals surface area contributed by atoms with E-state index in [0.717, 1.165) is 36.1 Å². The van der Waals surface area contributed by atoms with Crippen LogP contribution in [0, 0.1) is 29.6 Å². The molecular weight excluding hydrogens is 368 g/mol. The van der Waals surface area contributed by atoms with E-state index in [1.165, 1.54) is 103 Å². The number of nitrogens with one attached hydrogen (secondary N) is 1. The first-order chi connectivity index (χ1) is 14.6. The summed E-state index contributed by atoms with van der Waals surface area (Å²) in [5, 5.41) is 13.5. The quantitative estimate of drug-likeness (QED) is 0.363. The van der Waals surface area contributed by atoms with Gasteiger partial charge in [0.15, 0.2) is 0 Å². The van der Waals surface area contributed by atoms with Crippen LogP contribution < -0.4 is 5.32 Å². The number of likely N-dealkylation sites (tertiary alicyclic amines) is 1. The van der Waals surface area contributed by atoms with Crippen molar-refractivity contribution in [1.29, 1.82) is 0 Å². The lowest BCUT2D eigenvalue weighted by molar-refractivity contribution is -0.00232. The third-order valence-electron chi connectivity index (χ3n) is 8.83. The first-order valence-electron chi connectivity index (χ1n) is 13.7. The second-order valence-electron chi connectivity index (χ2n) is 11.3. The summed E-state index contributed by atoms with van der Waals surface area (Å²) in [7, 11) is 0. The van der Waals surface area contributed by atoms with E-state index in [9.17, 15) is 5.11 Å². The molecule has 0 bridgehead atoms. The van der Waals surface area contributed by atoms with E-state index in [-0.39, 0.29) is 6.10 Å². The van der Waals surface area contributed by atoms with E-state index < -0.39 is 0 Å². The van der Waals surface area contributed by atoms with E-state index in [2.05, 4.69) is 31.0 Å². The maximum atomic E-state index is 10.2. The highest BCUT2D eigenvalue weighted by Gasteiger charge is 2.37. The van der Waals surface area contributed by atoms with Crippen LogP contribution in [0.15, 0.2) is 0 Å². The Balaban J connectivity index is 0.000000269. The molecule has 4 aliphatic rings. The van der Waals surface area contributed by atoms with Crippen LogP contribution in [0.3, 0.4) is 0 Å². The van der Waals surface area contributed by atoms with Crippen LogP contribution in [0.2, 0.25) is 0 Å². The molecular formula is C27H52N2O. The molecule has 5 unspecified atom stereocenters. The van der Waals surface area contributed by atoms with Gasteiger partial charge in [0, 0.05) is 32.2 Å². The number of aliphatic hydroxyl groups excluding tert-OH is 1. The van der Waals surface area contributed by atoms with Gasteiger partial charge in [0.2, 0.25) is 0 Å². The molecule has 0 amide bonds. The van der Waals surface area contributed by atoms with Crippen LogP contribution in [0.1, 0.15) is 104 Å². The number of rotatable bonds is 9. The second-order valence-corrected chi connectivity index (χ2v) is 11.3. The summed E-state index contributed by atoms with van der Waals surface area (Å²) in [6.45, 7) is 12.1. The number of hydrogen-bond donors (Lipinski definition) is 2. The molecule has 2 N–H and O–H groups in total. The van der Waals surface area contributed by atoms with Gasteiger partial charge in [0.1, 0.15) is 0 Å². The molecule has 3 nitrogen and oxygen atoms in total. The summed E-state index contributed by atoms with van der Waals surface area (Å²) < 4.78 is 0. The molecule has 176 valence electrons. The minimum Gasteiger partial charge on any atom is -0.393 e. The monoisotopic (exact) mass is 420 g/mol. The Morgan fingerprint density at radius 3 is 2.30 bits per heavy atom. The smallest absolute Gasteiger partial charge is 0.0568 e. The predicted molar refractivity (Wildman–Crippen MR) is 129 cm³/mol. The highest BCUT2D eigenvalue weighted by Crippen LogP contribution is 2.38. The summed E-state index contributed by atoms with van der Waals surface area (Å²) in [4.78, 5) is 2.72. The van der Waals surface area contributed by atoms with Crippen LogP contribution in [-0.2, 0) is 0 Å². The van der Waals surface area contributed by atoms with Gasteiger partial charge in [0.25, 0.3) is 0 Å². The average molecular weight is 421 g/mol. The van der Waals surface area contributed by atoms with Gasteiger partial charge in [-0.2, -0.15) is 0 Å². The van der Waals surface area contributed by atoms with Crippen LogP contribution in [0.25, 0.3) is 0 Å². The van der Waals surface area contributed by atoms with Gasteiger partial charge in [-0.1, -0.05) is 78.6 Å². The molecule has 2 aliphatic heterocycles. The van der Waals surface area contributed by atoms with Crippen LogP contribution in [-0.4, -0.2) is 48.3 Å². The summed E-state index contributed by atoms with van der Waals surface area (Å²) in [6.07, 6.45) is 17.9. The van der Waals surface area contributed by atoms with Crippen molar-refractivity contribution in [2.75, 3.05) is 26.2 Å². The van der Waals surface area contributed by atoms with Crippen molar-refractivity contribution in [2.45, 2.75) is 116 Å². The van der Waals surface area contributed by atoms with Crippen molar-refractivity contribution < 1.29 is 5.11 Å². The van der Waals surface area contributed by atoms with Gasteiger partial charge < -0.3 is 15.3 Å². The molecule has 2 aliphatic carbocycles. The van der Waals surface area contributed by atoms with Crippen molar-refractivity contribution >= 4 is 0 Å². The number of nitrogens with zero attached hydrogens (tertiary/aromatic N) is 1. The Labute approximate surface area is 187 Å². The molecule has 4 rings (SSSR count). The molecule has 0 aromatic heterocycles. The van der Waals surface area contributed by atoms with Crippen molar-refractivity contribution in [3.8, 4) is 0 Å². The summed E-state index contributed by atoms with van der Waals surface area (Å²) >= 11 is 0. The van der Waals surface area contributed by atoms with Gasteiger partial charge in [-0.25, -0.2) is 0 Å². The maximum absolute atomic E-state index is 10.2. The highest BCUT2D eigenvalue weighted by atomic mass is 16.3. The highest BCUT2D eigenvalue weighted by molar-refractivity contribution is 4.89. The lowest BCUT2D eigenvalue weighted by atomic mass is 9.72. The van der Waals surface area contributed by atoms with Crippen molar-refractivity contribution in [3.63, 3.8) is 0 Å². The minimum atomic E-state index is -0.0424. The van der Waals surface area contributed by atoms with Crippen LogP contribution >= 0.6 is 0 Å². The van der Waals surface area contributed by atoms with E-state index in [1.807, 2.05) is 0 Å². The van der Waals surface area contributed by atoms with E-state index in [1.54, 1.807) is 0 Å². The first kappa shape index (κ1) is 24.5. The van der Waals surface area contributed by atoms with Crippen molar-refractivity contribution in [3.05, 3.63) is 0 Å². The Hall–Kier alpha value is -0.120. The SMILES string of the molecule is CCC(CN1CC(C2CCCCC2)C1)C1CCC(C)C(O)C1.CCCCCC1CN1. The molecule has 2 saturated heterocycles. The van der Waals surface area contributed by atoms with Crippen molar-refractivity contribution in [1.82, 2.24) is 10.2 Å². The number of hydrogen-bond acceptors (Lipinski definition) is 3. The Kier molecular flexibility index (Phi) is 10.5. The molecule has 0 aromatic carbocycles. The third-order valence-corrected chi connectivity index (χ3v) is 8.83. The lowest BCUT2D eigenvalue weighted by Gasteiger charge is -2.47. The molecule has 0 radical (unpaired) electrons. The molecule has 2 heterocycles. The standard InChI is InChI=1S/C20H37NO.C7H15N/c1-3-16(18-10-9-15(2)20(22)11-18)12-21-13-19(14-21)17-7-5-4-6-8-17;1-2-3-4-5-7-6-8-7/h15-20,22H,3-14H2,1-2H3;7-8H,2-6H2,1H3. The normalized spacial score (nSPS) is 34.0. The van der Waals surface area contributed by atoms with Crippen molar-refractivity contribution in [2.24, 2.45) is 29.6 Å². The zero-order valence-electron chi connectivity index (χ0n) is 20.5. The average Bonchev–Trinajstić information content (AvgIpc) is 3.55. The fraction of sp³-hybridized carbons (Fsp3) is 1.00. The number of unbranched alkanes of at least 4 members (excludes halogenated alkanes) is 2. The summed E-state index contributed by atoms with van der Waals surface area (Å²) in [5.74, 6) is 4.16. The van der Waals surface area contributed by atoms with E-state index >= 15 is 0 Å². The van der Waals surface area contributed by atoms with Gasteiger partial charge in [0.05, 0.1) is 6.10 Å². The fourth-order valence-electron chi connectivity index (χ4n) is 6.29. The fourth-order valence-corrected chi connectivity index (χ4v) is 6.29. The second kappa shape index (κ2) is 12.8. The first-order valence-corrected chi connectivity index (χ1v) is 13.7. The molecule has 5 atom stereocenters. The predicted octanol–water partition coefficient (Wildman–Crippen LogP) is 5.86. The summed E-state index contributed by atoms with van der Waals surface area (Å²) in [6, 6.07) is 0.904. The van der Waals surface area contributed by atoms with Gasteiger partial charge >= 0.3 is 0 Å². The largest absolute Gasteiger partial charge is 0.393 e. The van der Waals surface area contributed by atoms with Crippen LogP contribution in [0.5, 0.6) is 0 Å². The molecule has 0 spiro atoms. The maximum Gasteiger partial charge on any atom is 0.0568 e. The van der Waals surface area contributed by atoms with Gasteiger partial charge in [-0.15, -0.1) is 0 Å². The lowest BCUT2D eigenvalue weighted by Crippen LogP contribution is -2.52. The van der Waals surface area contributed by atoms with Gasteiger partial charge in [-0.05, 0) is 55.3 Å². The summed E-state index contributed by atoms with van der Waals surface area (Å²) in [5.41, 5.74) is 0. The molecule has 3 heteroatoms. The molecule has 0 aromatic rings. The Morgan fingerprint density at radius 2 is 1.70 bits per heavy atom. The minimum absolute atomic E-state index is 0.0424. The van der Waals surface area contributed by atoms with E-state index in [0.29, 0.717) is 5.92 Å². The zero-order valence-corrected chi connectivity index (χ0v) is 20.5. The Bertz CT molecular complexity index is 454. The zero-order chi connectivity index (χ0) is 21.3. The van der Waals surface area contributed by atoms with Crippen LogP contribution in [0.4, 0.5) is 0 Å². The third kappa shape index (κ3) is 7.78. The molecule has 30 heavy (non-hydrogen) atoms. The Morgan fingerprint density at radius 1 is 0.967 bits per heavy atom. The topological polar surface area (TPSA) is 45.4 Å². The number of aliphatic hydroxyl groups is 1. The molecule has 2 saturated carbocycles. The van der Waals surface area contributed by atoms with Gasteiger partial charge in [-0.3, -0.25) is 0 Å². The van der Waals surface area contributed by atoms with E-state index in [4.69, 9.17) is 0 Å².